The average molecular weight is 181 g/mol. The van der Waals surface area contributed by atoms with E-state index in [0.717, 1.165) is 17.9 Å². The zero-order chi connectivity index (χ0) is 9.64. The molecule has 0 spiro atoms. The van der Waals surface area contributed by atoms with Gasteiger partial charge in [0.15, 0.2) is 0 Å². The molecule has 2 fully saturated rings. The van der Waals surface area contributed by atoms with Gasteiger partial charge >= 0.3 is 0 Å². The Hall–Kier alpha value is -0.0400. The molecule has 0 aromatic carbocycles. The van der Waals surface area contributed by atoms with Gasteiger partial charge in [-0.25, -0.2) is 0 Å². The number of likely N-dealkylation sites (N-methyl/N-ethyl adjacent to an activating group) is 1. The summed E-state index contributed by atoms with van der Waals surface area (Å²) >= 11 is 0. The van der Waals surface area contributed by atoms with Crippen LogP contribution in [0.15, 0.2) is 0 Å². The molecular formula is C12H23N. The molecule has 1 aliphatic heterocycles. The molecule has 1 nitrogen and oxygen atoms in total. The van der Waals surface area contributed by atoms with Crippen molar-refractivity contribution in [2.24, 2.45) is 11.8 Å². The molecule has 4 atom stereocenters. The van der Waals surface area contributed by atoms with Crippen LogP contribution in [0.3, 0.4) is 0 Å². The highest BCUT2D eigenvalue weighted by molar-refractivity contribution is 4.90. The van der Waals surface area contributed by atoms with E-state index in [2.05, 4.69) is 27.8 Å². The van der Waals surface area contributed by atoms with Crippen LogP contribution in [0.1, 0.15) is 33.6 Å². The molecule has 0 amide bonds. The van der Waals surface area contributed by atoms with Crippen LogP contribution >= 0.6 is 0 Å². The molecule has 0 aromatic rings. The molecule has 0 radical (unpaired) electrons. The van der Waals surface area contributed by atoms with Gasteiger partial charge in [0, 0.05) is 5.92 Å². The third-order valence-corrected chi connectivity index (χ3v) is 3.95. The number of nitrogens with zero attached hydrogens (tertiary/aromatic N) is 1. The van der Waals surface area contributed by atoms with E-state index in [4.69, 9.17) is 0 Å². The molecule has 1 saturated carbocycles. The highest BCUT2D eigenvalue weighted by Gasteiger charge is 2.52. The minimum absolute atomic E-state index is 0.970. The van der Waals surface area contributed by atoms with E-state index in [0.29, 0.717) is 0 Å². The van der Waals surface area contributed by atoms with E-state index in [-0.39, 0.29) is 0 Å². The fourth-order valence-corrected chi connectivity index (χ4v) is 2.60. The summed E-state index contributed by atoms with van der Waals surface area (Å²) in [5, 5.41) is 0. The second-order valence-corrected chi connectivity index (χ2v) is 5.88. The lowest BCUT2D eigenvalue weighted by atomic mass is 10.1. The molecule has 1 saturated heterocycles. The van der Waals surface area contributed by atoms with E-state index in [1.165, 1.54) is 30.4 Å². The van der Waals surface area contributed by atoms with Crippen molar-refractivity contribution in [3.8, 4) is 0 Å². The number of rotatable bonds is 4. The Kier molecular flexibility index (Phi) is 2.18. The summed E-state index contributed by atoms with van der Waals surface area (Å²) in [6.45, 7) is 9.82. The fourth-order valence-electron chi connectivity index (χ4n) is 2.60. The van der Waals surface area contributed by atoms with Crippen LogP contribution in [-0.4, -0.2) is 30.7 Å². The van der Waals surface area contributed by atoms with Crippen LogP contribution in [0.4, 0.5) is 0 Å². The fraction of sp³-hybridized carbons (Fsp3) is 0.917. The summed E-state index contributed by atoms with van der Waals surface area (Å²) in [6, 6.07) is 0.970. The Labute approximate surface area is 82.7 Å². The van der Waals surface area contributed by atoms with Gasteiger partial charge in [-0.2, -0.15) is 13.8 Å². The highest BCUT2D eigenvalue weighted by Crippen LogP contribution is 2.44. The monoisotopic (exact) mass is 181 g/mol. The summed E-state index contributed by atoms with van der Waals surface area (Å²) in [6.07, 6.45) is 2.85. The van der Waals surface area contributed by atoms with E-state index in [9.17, 15) is 0 Å². The summed E-state index contributed by atoms with van der Waals surface area (Å²) in [5.41, 5.74) is 0. The largest absolute Gasteiger partial charge is 0.316 e. The van der Waals surface area contributed by atoms with E-state index in [1.807, 2.05) is 0 Å². The van der Waals surface area contributed by atoms with Crippen molar-refractivity contribution in [3.05, 3.63) is 5.92 Å². The van der Waals surface area contributed by atoms with Gasteiger partial charge in [0.25, 0.3) is 0 Å². The van der Waals surface area contributed by atoms with Gasteiger partial charge in [-0.05, 0) is 12.3 Å². The van der Waals surface area contributed by atoms with Crippen molar-refractivity contribution in [1.82, 2.24) is 0 Å². The predicted molar refractivity (Wildman–Crippen MR) is 56.2 cm³/mol. The first-order chi connectivity index (χ1) is 6.01. The lowest BCUT2D eigenvalue weighted by Crippen LogP contribution is -2.27. The number of hydrogen-bond donors (Lipinski definition) is 0. The molecule has 76 valence electrons. The van der Waals surface area contributed by atoms with Gasteiger partial charge in [-0.15, -0.1) is 6.42 Å². The van der Waals surface area contributed by atoms with E-state index in [1.54, 1.807) is 5.92 Å². The van der Waals surface area contributed by atoms with Gasteiger partial charge in [0.2, 0.25) is 0 Å². The zero-order valence-electron chi connectivity index (χ0n) is 9.51. The zero-order valence-corrected chi connectivity index (χ0v) is 9.51. The lowest BCUT2D eigenvalue weighted by Gasteiger charge is -2.20. The van der Waals surface area contributed by atoms with E-state index < -0.39 is 0 Å². The molecule has 0 aromatic heterocycles. The van der Waals surface area contributed by atoms with Gasteiger partial charge in [0.1, 0.15) is 12.6 Å². The quantitative estimate of drug-likeness (QED) is 0.355. The molecule has 1 heteroatoms. The van der Waals surface area contributed by atoms with Crippen molar-refractivity contribution in [2.45, 2.75) is 39.7 Å². The Morgan fingerprint density at radius 1 is 1.38 bits per heavy atom. The minimum Gasteiger partial charge on any atom is -0.316 e. The maximum absolute atomic E-state index is 2.44. The predicted octanol–water partition coefficient (Wildman–Crippen LogP) is 2.48. The maximum atomic E-state index is 2.44. The Morgan fingerprint density at radius 3 is 2.46 bits per heavy atom. The first kappa shape index (κ1) is 9.51. The Bertz CT molecular complexity index is 199. The van der Waals surface area contributed by atoms with Crippen molar-refractivity contribution < 1.29 is 4.48 Å². The SMILES string of the molecule is C[C-](C)CC1C[N+]1(C)CC1CC1C. The van der Waals surface area contributed by atoms with Crippen LogP contribution < -0.4 is 0 Å². The molecule has 0 N–H and O–H groups in total. The van der Waals surface area contributed by atoms with Gasteiger partial charge in [-0.1, -0.05) is 6.92 Å². The van der Waals surface area contributed by atoms with Gasteiger partial charge in [-0.3, -0.25) is 0 Å². The topological polar surface area (TPSA) is 0 Å². The molecular weight excluding hydrogens is 158 g/mol. The van der Waals surface area contributed by atoms with Crippen LogP contribution in [0.25, 0.3) is 0 Å². The van der Waals surface area contributed by atoms with Crippen molar-refractivity contribution in [3.63, 3.8) is 0 Å². The third-order valence-electron chi connectivity index (χ3n) is 3.95. The molecule has 1 heterocycles. The maximum Gasteiger partial charge on any atom is 0.129 e. The Balaban J connectivity index is 1.74. The second-order valence-electron chi connectivity index (χ2n) is 5.88. The molecule has 2 rings (SSSR count). The van der Waals surface area contributed by atoms with Crippen LogP contribution in [-0.2, 0) is 0 Å². The summed E-state index contributed by atoms with van der Waals surface area (Å²) in [4.78, 5) is 0. The van der Waals surface area contributed by atoms with Crippen molar-refractivity contribution in [1.29, 1.82) is 0 Å². The molecule has 0 bridgehead atoms. The molecule has 2 aliphatic rings. The number of hydrogen-bond acceptors (Lipinski definition) is 0. The second kappa shape index (κ2) is 2.98. The van der Waals surface area contributed by atoms with Gasteiger partial charge < -0.3 is 10.4 Å². The molecule has 13 heavy (non-hydrogen) atoms. The van der Waals surface area contributed by atoms with Gasteiger partial charge in [0.05, 0.1) is 13.6 Å². The minimum atomic E-state index is 0.970. The van der Waals surface area contributed by atoms with Crippen molar-refractivity contribution in [2.75, 3.05) is 20.1 Å². The first-order valence-electron chi connectivity index (χ1n) is 5.64. The van der Waals surface area contributed by atoms with Crippen LogP contribution in [0.5, 0.6) is 0 Å². The molecule has 4 unspecified atom stereocenters. The summed E-state index contributed by atoms with van der Waals surface area (Å²) in [5.74, 6) is 3.70. The average Bonchev–Trinajstić information content (AvgIpc) is 2.78. The first-order valence-corrected chi connectivity index (χ1v) is 5.64. The highest BCUT2D eigenvalue weighted by atomic mass is 15.5. The standard InChI is InChI=1S/C12H23N/c1-9(2)5-12-8-13(12,4)7-11-6-10(11)3/h10-12H,5-8H2,1-4H3. The summed E-state index contributed by atoms with van der Waals surface area (Å²) in [7, 11) is 2.44. The number of quaternary nitrogens is 1. The van der Waals surface area contributed by atoms with Crippen molar-refractivity contribution >= 4 is 0 Å². The lowest BCUT2D eigenvalue weighted by molar-refractivity contribution is -0.794. The van der Waals surface area contributed by atoms with Crippen LogP contribution in [0.2, 0.25) is 0 Å². The molecule has 1 aliphatic carbocycles. The van der Waals surface area contributed by atoms with E-state index >= 15 is 0 Å². The normalized spacial score (nSPS) is 48.2. The summed E-state index contributed by atoms with van der Waals surface area (Å²) < 4.78 is 1.38. The van der Waals surface area contributed by atoms with Crippen LogP contribution in [0, 0.1) is 17.8 Å². The third kappa shape index (κ3) is 2.07. The Morgan fingerprint density at radius 2 is 2.00 bits per heavy atom. The smallest absolute Gasteiger partial charge is 0.129 e.